The topological polar surface area (TPSA) is 30.8 Å². The van der Waals surface area contributed by atoms with Gasteiger partial charge in [-0.1, -0.05) is 83.6 Å². The minimum Gasteiger partial charge on any atom is -0.366 e. The molecule has 3 aromatic rings. The van der Waals surface area contributed by atoms with Gasteiger partial charge in [-0.25, -0.2) is 0 Å². The predicted molar refractivity (Wildman–Crippen MR) is 116 cm³/mol. The Morgan fingerprint density at radius 2 is 1.43 bits per heavy atom. The highest BCUT2D eigenvalue weighted by molar-refractivity contribution is 7.99. The number of oxime groups is 1. The second-order valence-electron chi connectivity index (χ2n) is 7.22. The molecule has 0 amide bonds. The molecule has 144 valence electrons. The van der Waals surface area contributed by atoms with Crippen molar-refractivity contribution in [2.75, 3.05) is 6.79 Å². The third kappa shape index (κ3) is 5.98. The van der Waals surface area contributed by atoms with Gasteiger partial charge in [-0.15, -0.1) is 0 Å². The summed E-state index contributed by atoms with van der Waals surface area (Å²) in [5.74, 6) is 0. The van der Waals surface area contributed by atoms with Crippen LogP contribution in [-0.2, 0) is 9.57 Å². The summed E-state index contributed by atoms with van der Waals surface area (Å²) < 4.78 is 5.64. The molecule has 0 unspecified atom stereocenters. The van der Waals surface area contributed by atoms with Crippen LogP contribution in [0.3, 0.4) is 0 Å². The molecule has 0 fully saturated rings. The standard InChI is InChI=1S/C24H25NO2S/c1-24(2,3)26-18-27-25-23(19-12-6-4-7-13-19)21-16-10-11-17-22(21)28-20-14-8-5-9-15-20/h4-17H,18H2,1-3H3/b25-23+. The molecule has 28 heavy (non-hydrogen) atoms. The van der Waals surface area contributed by atoms with Crippen molar-refractivity contribution in [2.24, 2.45) is 5.16 Å². The van der Waals surface area contributed by atoms with Crippen molar-refractivity contribution in [3.63, 3.8) is 0 Å². The van der Waals surface area contributed by atoms with Crippen LogP contribution in [0, 0.1) is 0 Å². The quantitative estimate of drug-likeness (QED) is 0.203. The van der Waals surface area contributed by atoms with Crippen molar-refractivity contribution in [1.82, 2.24) is 0 Å². The Labute approximate surface area is 171 Å². The number of hydrogen-bond acceptors (Lipinski definition) is 4. The van der Waals surface area contributed by atoms with E-state index in [4.69, 9.17) is 9.57 Å². The normalized spacial score (nSPS) is 12.0. The number of rotatable bonds is 7. The zero-order chi connectivity index (χ0) is 19.8. The van der Waals surface area contributed by atoms with Crippen LogP contribution >= 0.6 is 11.8 Å². The van der Waals surface area contributed by atoms with E-state index in [2.05, 4.69) is 29.4 Å². The lowest BCUT2D eigenvalue weighted by atomic mass is 10.0. The lowest BCUT2D eigenvalue weighted by Gasteiger charge is -2.18. The first-order chi connectivity index (χ1) is 13.5. The fraction of sp³-hybridized carbons (Fsp3) is 0.208. The van der Waals surface area contributed by atoms with Gasteiger partial charge in [0.05, 0.1) is 5.60 Å². The van der Waals surface area contributed by atoms with Gasteiger partial charge in [0.2, 0.25) is 6.79 Å². The van der Waals surface area contributed by atoms with E-state index in [9.17, 15) is 0 Å². The van der Waals surface area contributed by atoms with Crippen molar-refractivity contribution in [3.05, 3.63) is 96.1 Å². The van der Waals surface area contributed by atoms with E-state index in [-0.39, 0.29) is 12.4 Å². The van der Waals surface area contributed by atoms with Gasteiger partial charge < -0.3 is 9.57 Å². The Morgan fingerprint density at radius 1 is 0.821 bits per heavy atom. The van der Waals surface area contributed by atoms with Gasteiger partial charge in [0.25, 0.3) is 0 Å². The van der Waals surface area contributed by atoms with Crippen LogP contribution < -0.4 is 0 Å². The van der Waals surface area contributed by atoms with Gasteiger partial charge in [-0.3, -0.25) is 0 Å². The molecule has 0 heterocycles. The molecule has 0 saturated heterocycles. The molecule has 0 radical (unpaired) electrons. The van der Waals surface area contributed by atoms with Crippen molar-refractivity contribution in [3.8, 4) is 0 Å². The predicted octanol–water partition coefficient (Wildman–Crippen LogP) is 6.38. The highest BCUT2D eigenvalue weighted by Gasteiger charge is 2.14. The van der Waals surface area contributed by atoms with Gasteiger partial charge in [-0.2, -0.15) is 0 Å². The Balaban J connectivity index is 1.92. The summed E-state index contributed by atoms with van der Waals surface area (Å²) in [4.78, 5) is 7.84. The van der Waals surface area contributed by atoms with Crippen molar-refractivity contribution in [1.29, 1.82) is 0 Å². The van der Waals surface area contributed by atoms with E-state index in [1.165, 1.54) is 4.90 Å². The maximum Gasteiger partial charge on any atom is 0.217 e. The molecule has 0 aliphatic heterocycles. The third-order valence-corrected chi connectivity index (χ3v) is 4.94. The number of ether oxygens (including phenoxy) is 1. The largest absolute Gasteiger partial charge is 0.366 e. The van der Waals surface area contributed by atoms with Gasteiger partial charge >= 0.3 is 0 Å². The van der Waals surface area contributed by atoms with E-state index in [0.717, 1.165) is 21.7 Å². The Kier molecular flexibility index (Phi) is 6.90. The summed E-state index contributed by atoms with van der Waals surface area (Å²) >= 11 is 1.71. The Bertz CT molecular complexity index is 903. The fourth-order valence-electron chi connectivity index (χ4n) is 2.51. The van der Waals surface area contributed by atoms with Crippen LogP contribution in [0.25, 0.3) is 0 Å². The Morgan fingerprint density at radius 3 is 2.11 bits per heavy atom. The van der Waals surface area contributed by atoms with Crippen molar-refractivity contribution in [2.45, 2.75) is 36.2 Å². The van der Waals surface area contributed by atoms with Gasteiger partial charge in [0.1, 0.15) is 5.71 Å². The molecule has 0 aliphatic carbocycles. The molecule has 0 N–H and O–H groups in total. The molecule has 4 heteroatoms. The summed E-state index contributed by atoms with van der Waals surface area (Å²) in [6, 6.07) is 28.7. The lowest BCUT2D eigenvalue weighted by molar-refractivity contribution is -0.119. The summed E-state index contributed by atoms with van der Waals surface area (Å²) in [7, 11) is 0. The van der Waals surface area contributed by atoms with E-state index in [1.54, 1.807) is 11.8 Å². The second-order valence-corrected chi connectivity index (χ2v) is 8.34. The highest BCUT2D eigenvalue weighted by atomic mass is 32.2. The third-order valence-electron chi connectivity index (χ3n) is 3.86. The maximum absolute atomic E-state index is 5.64. The molecular formula is C24H25NO2S. The average Bonchev–Trinajstić information content (AvgIpc) is 2.69. The highest BCUT2D eigenvalue weighted by Crippen LogP contribution is 2.31. The minimum absolute atomic E-state index is 0.105. The molecule has 3 aromatic carbocycles. The molecule has 0 saturated carbocycles. The van der Waals surface area contributed by atoms with Crippen LogP contribution in [0.15, 0.2) is 99.9 Å². The smallest absolute Gasteiger partial charge is 0.217 e. The lowest BCUT2D eigenvalue weighted by Crippen LogP contribution is -2.20. The van der Waals surface area contributed by atoms with Gasteiger partial charge in [0.15, 0.2) is 0 Å². The van der Waals surface area contributed by atoms with Crippen LogP contribution in [0.1, 0.15) is 31.9 Å². The fourth-order valence-corrected chi connectivity index (χ4v) is 3.48. The molecule has 3 rings (SSSR count). The molecular weight excluding hydrogens is 366 g/mol. The first kappa shape index (κ1) is 20.2. The van der Waals surface area contributed by atoms with E-state index >= 15 is 0 Å². The van der Waals surface area contributed by atoms with E-state index in [1.807, 2.05) is 81.4 Å². The summed E-state index contributed by atoms with van der Waals surface area (Å²) in [5, 5.41) is 4.45. The molecule has 0 spiro atoms. The summed E-state index contributed by atoms with van der Waals surface area (Å²) in [6.07, 6.45) is 0. The number of hydrogen-bond donors (Lipinski definition) is 0. The first-order valence-electron chi connectivity index (χ1n) is 9.24. The summed E-state index contributed by atoms with van der Waals surface area (Å²) in [5.41, 5.74) is 2.54. The van der Waals surface area contributed by atoms with Crippen molar-refractivity contribution >= 4 is 17.5 Å². The SMILES string of the molecule is CC(C)(C)OCO/N=C(\c1ccccc1)c1ccccc1Sc1ccccc1. The second kappa shape index (κ2) is 9.58. The van der Waals surface area contributed by atoms with Crippen LogP contribution in [0.2, 0.25) is 0 Å². The van der Waals surface area contributed by atoms with E-state index in [0.29, 0.717) is 0 Å². The average molecular weight is 392 g/mol. The van der Waals surface area contributed by atoms with E-state index < -0.39 is 0 Å². The number of benzene rings is 3. The molecule has 0 aromatic heterocycles. The van der Waals surface area contributed by atoms with Crippen LogP contribution in [0.4, 0.5) is 0 Å². The molecule has 0 aliphatic rings. The minimum atomic E-state index is -0.274. The van der Waals surface area contributed by atoms with Crippen LogP contribution in [-0.4, -0.2) is 18.1 Å². The van der Waals surface area contributed by atoms with Crippen molar-refractivity contribution < 1.29 is 9.57 Å². The van der Waals surface area contributed by atoms with Gasteiger partial charge in [0, 0.05) is 20.9 Å². The van der Waals surface area contributed by atoms with Crippen LogP contribution in [0.5, 0.6) is 0 Å². The summed E-state index contributed by atoms with van der Waals surface area (Å²) in [6.45, 7) is 6.08. The Hall–Kier alpha value is -2.56. The monoisotopic (exact) mass is 391 g/mol. The van der Waals surface area contributed by atoms with Gasteiger partial charge in [-0.05, 0) is 39.0 Å². The zero-order valence-electron chi connectivity index (χ0n) is 16.5. The maximum atomic E-state index is 5.64. The zero-order valence-corrected chi connectivity index (χ0v) is 17.3. The molecule has 0 bridgehead atoms. The molecule has 0 atom stereocenters. The first-order valence-corrected chi connectivity index (χ1v) is 10.1. The molecule has 3 nitrogen and oxygen atoms in total. The number of nitrogens with zero attached hydrogens (tertiary/aromatic N) is 1.